The Morgan fingerprint density at radius 2 is 1.90 bits per heavy atom. The van der Waals surface area contributed by atoms with Crippen LogP contribution in [0.25, 0.3) is 0 Å². The fourth-order valence-electron chi connectivity index (χ4n) is 4.48. The summed E-state index contributed by atoms with van der Waals surface area (Å²) in [6, 6.07) is 0. The molecule has 1 spiro atoms. The number of Topliss-reactive ketones (excluding diaryl/α,β-unsaturated/α-hetero) is 1. The van der Waals surface area contributed by atoms with Crippen molar-refractivity contribution in [3.63, 3.8) is 0 Å². The average molecular weight is 282 g/mol. The maximum Gasteiger partial charge on any atom is 0.173 e. The first-order valence-corrected chi connectivity index (χ1v) is 8.21. The molecule has 0 aromatic heterocycles. The van der Waals surface area contributed by atoms with Crippen LogP contribution in [0.15, 0.2) is 0 Å². The standard InChI is InChI=1S/C15H24O3.C2H6/c1-10-11-4-5-14(3)7-6-13(2,9-16)12(17)15(14,8-11)18-10;1-2/h10-11,16H,4-9H2,1-3H3;1-2H3/t10?,11?,13?,14-,15?;/m1./s1. The predicted octanol–water partition coefficient (Wildman–Crippen LogP) is 3.34. The van der Waals surface area contributed by atoms with Crippen LogP contribution in [0.5, 0.6) is 0 Å². The third-order valence-electron chi connectivity index (χ3n) is 6.13. The highest BCUT2D eigenvalue weighted by molar-refractivity contribution is 5.94. The first-order chi connectivity index (χ1) is 9.37. The Balaban J connectivity index is 0.000000704. The number of aliphatic hydroxyl groups is 1. The van der Waals surface area contributed by atoms with E-state index in [-0.39, 0.29) is 23.9 Å². The largest absolute Gasteiger partial charge is 0.395 e. The van der Waals surface area contributed by atoms with E-state index in [0.717, 1.165) is 25.7 Å². The van der Waals surface area contributed by atoms with Gasteiger partial charge >= 0.3 is 0 Å². The number of carbonyl (C=O) groups is 1. The van der Waals surface area contributed by atoms with E-state index in [1.54, 1.807) is 0 Å². The SMILES string of the molecule is CC.CC1OC23CC1CC[C@]2(C)CCC(C)(CO)C3=O. The number of ketones is 1. The van der Waals surface area contributed by atoms with Crippen LogP contribution in [0.2, 0.25) is 0 Å². The summed E-state index contributed by atoms with van der Waals surface area (Å²) in [6.07, 6.45) is 5.13. The van der Waals surface area contributed by atoms with E-state index in [9.17, 15) is 9.90 Å². The second-order valence-electron chi connectivity index (χ2n) is 7.26. The second-order valence-corrected chi connectivity index (χ2v) is 7.26. The van der Waals surface area contributed by atoms with Gasteiger partial charge in [0.2, 0.25) is 0 Å². The molecule has 0 aromatic carbocycles. The van der Waals surface area contributed by atoms with E-state index < -0.39 is 11.0 Å². The van der Waals surface area contributed by atoms with Gasteiger partial charge in [-0.1, -0.05) is 27.7 Å². The summed E-state index contributed by atoms with van der Waals surface area (Å²) in [5, 5.41) is 9.61. The lowest BCUT2D eigenvalue weighted by atomic mass is 9.51. The lowest BCUT2D eigenvalue weighted by Gasteiger charge is -2.54. The summed E-state index contributed by atoms with van der Waals surface area (Å²) in [7, 11) is 0. The fraction of sp³-hybridized carbons (Fsp3) is 0.941. The lowest BCUT2D eigenvalue weighted by molar-refractivity contribution is -0.187. The normalized spacial score (nSPS) is 50.2. The minimum absolute atomic E-state index is 0.0139. The van der Waals surface area contributed by atoms with Gasteiger partial charge in [0.15, 0.2) is 5.78 Å². The smallest absolute Gasteiger partial charge is 0.173 e. The number of rotatable bonds is 1. The van der Waals surface area contributed by atoms with Crippen LogP contribution in [0.4, 0.5) is 0 Å². The van der Waals surface area contributed by atoms with Gasteiger partial charge in [0.25, 0.3) is 0 Å². The summed E-state index contributed by atoms with van der Waals surface area (Å²) in [5.41, 5.74) is -1.21. The summed E-state index contributed by atoms with van der Waals surface area (Å²) in [4.78, 5) is 13.0. The average Bonchev–Trinajstić information content (AvgIpc) is 2.76. The maximum absolute atomic E-state index is 13.0. The molecule has 4 unspecified atom stereocenters. The van der Waals surface area contributed by atoms with E-state index in [0.29, 0.717) is 5.92 Å². The Bertz CT molecular complexity index is 390. The van der Waals surface area contributed by atoms with E-state index in [2.05, 4.69) is 13.8 Å². The molecule has 2 aliphatic carbocycles. The van der Waals surface area contributed by atoms with E-state index in [1.807, 2.05) is 20.8 Å². The van der Waals surface area contributed by atoms with Crippen molar-refractivity contribution in [2.45, 2.75) is 78.4 Å². The number of ether oxygens (including phenoxy) is 1. The van der Waals surface area contributed by atoms with Crippen molar-refractivity contribution < 1.29 is 14.6 Å². The lowest BCUT2D eigenvalue weighted by Crippen LogP contribution is -2.63. The van der Waals surface area contributed by atoms with Crippen molar-refractivity contribution >= 4 is 5.78 Å². The molecule has 3 aliphatic rings. The van der Waals surface area contributed by atoms with Crippen LogP contribution < -0.4 is 0 Å². The van der Waals surface area contributed by atoms with Gasteiger partial charge in [0, 0.05) is 5.41 Å². The van der Waals surface area contributed by atoms with Gasteiger partial charge in [-0.25, -0.2) is 0 Å². The van der Waals surface area contributed by atoms with Gasteiger partial charge in [-0.05, 0) is 44.9 Å². The first-order valence-electron chi connectivity index (χ1n) is 8.21. The summed E-state index contributed by atoms with van der Waals surface area (Å²) >= 11 is 0. The van der Waals surface area contributed by atoms with E-state index >= 15 is 0 Å². The molecule has 0 radical (unpaired) electrons. The van der Waals surface area contributed by atoms with Gasteiger partial charge in [0.05, 0.1) is 18.1 Å². The fourth-order valence-corrected chi connectivity index (χ4v) is 4.48. The van der Waals surface area contributed by atoms with Crippen molar-refractivity contribution in [2.24, 2.45) is 16.7 Å². The Labute approximate surface area is 123 Å². The zero-order chi connectivity index (χ0) is 15.2. The minimum Gasteiger partial charge on any atom is -0.395 e. The molecule has 20 heavy (non-hydrogen) atoms. The van der Waals surface area contributed by atoms with Gasteiger partial charge in [-0.2, -0.15) is 0 Å². The molecule has 5 atom stereocenters. The van der Waals surface area contributed by atoms with E-state index in [1.165, 1.54) is 6.42 Å². The quantitative estimate of drug-likeness (QED) is 0.802. The van der Waals surface area contributed by atoms with Crippen LogP contribution >= 0.6 is 0 Å². The Kier molecular flexibility index (Phi) is 4.07. The molecule has 2 saturated carbocycles. The van der Waals surface area contributed by atoms with E-state index in [4.69, 9.17) is 4.74 Å². The zero-order valence-electron chi connectivity index (χ0n) is 13.7. The van der Waals surface area contributed by atoms with Crippen LogP contribution in [0.3, 0.4) is 0 Å². The molecule has 0 amide bonds. The number of fused-ring (bicyclic) bond motifs is 1. The number of hydrogen-bond donors (Lipinski definition) is 1. The molecule has 2 bridgehead atoms. The molecule has 3 fully saturated rings. The third kappa shape index (κ3) is 1.89. The molecule has 3 rings (SSSR count). The highest BCUT2D eigenvalue weighted by Crippen LogP contribution is 2.62. The molecule has 0 aromatic rings. The van der Waals surface area contributed by atoms with Gasteiger partial charge < -0.3 is 9.84 Å². The topological polar surface area (TPSA) is 46.5 Å². The molecule has 3 nitrogen and oxygen atoms in total. The van der Waals surface area contributed by atoms with Crippen molar-refractivity contribution in [3.05, 3.63) is 0 Å². The molecule has 1 heterocycles. The number of hydrogen-bond acceptors (Lipinski definition) is 3. The Morgan fingerprint density at radius 3 is 2.50 bits per heavy atom. The van der Waals surface area contributed by atoms with Crippen molar-refractivity contribution in [2.75, 3.05) is 6.61 Å². The summed E-state index contributed by atoms with van der Waals surface area (Å²) < 4.78 is 6.23. The minimum atomic E-state index is -0.606. The second kappa shape index (κ2) is 5.10. The molecular formula is C17H30O3. The maximum atomic E-state index is 13.0. The van der Waals surface area contributed by atoms with Gasteiger partial charge in [-0.15, -0.1) is 0 Å². The predicted molar refractivity (Wildman–Crippen MR) is 79.5 cm³/mol. The van der Waals surface area contributed by atoms with Crippen LogP contribution in [0, 0.1) is 16.7 Å². The Hall–Kier alpha value is -0.410. The number of aliphatic hydroxyl groups excluding tert-OH is 1. The molecule has 1 aliphatic heterocycles. The molecule has 3 heteroatoms. The zero-order valence-corrected chi connectivity index (χ0v) is 13.7. The van der Waals surface area contributed by atoms with Crippen molar-refractivity contribution in [1.29, 1.82) is 0 Å². The first kappa shape index (κ1) is 16.0. The molecule has 116 valence electrons. The highest BCUT2D eigenvalue weighted by atomic mass is 16.5. The number of carbonyl (C=O) groups excluding carboxylic acids is 1. The monoisotopic (exact) mass is 282 g/mol. The molecule has 1 saturated heterocycles. The van der Waals surface area contributed by atoms with Gasteiger partial charge in [0.1, 0.15) is 5.60 Å². The van der Waals surface area contributed by atoms with Crippen molar-refractivity contribution in [1.82, 2.24) is 0 Å². The van der Waals surface area contributed by atoms with Crippen molar-refractivity contribution in [3.8, 4) is 0 Å². The summed E-state index contributed by atoms with van der Waals surface area (Å²) in [6.45, 7) is 10.2. The van der Waals surface area contributed by atoms with Crippen LogP contribution in [0.1, 0.15) is 66.7 Å². The van der Waals surface area contributed by atoms with Crippen LogP contribution in [-0.4, -0.2) is 29.2 Å². The molecular weight excluding hydrogens is 252 g/mol. The summed E-state index contributed by atoms with van der Waals surface area (Å²) in [5.74, 6) is 0.698. The highest BCUT2D eigenvalue weighted by Gasteiger charge is 2.68. The Morgan fingerprint density at radius 1 is 1.25 bits per heavy atom. The van der Waals surface area contributed by atoms with Gasteiger partial charge in [-0.3, -0.25) is 4.79 Å². The van der Waals surface area contributed by atoms with Crippen LogP contribution in [-0.2, 0) is 9.53 Å². The third-order valence-corrected chi connectivity index (χ3v) is 6.13. The molecule has 1 N–H and O–H groups in total.